The molecule has 0 unspecified atom stereocenters. The third-order valence-corrected chi connectivity index (χ3v) is 3.52. The molecule has 0 saturated heterocycles. The molecule has 3 rings (SSSR count). The second kappa shape index (κ2) is 7.12. The Bertz CT molecular complexity index is 744. The van der Waals surface area contributed by atoms with E-state index in [2.05, 4.69) is 5.32 Å². The Hall–Kier alpha value is -2.89. The molecule has 0 fully saturated rings. The summed E-state index contributed by atoms with van der Waals surface area (Å²) in [6, 6.07) is 10.4. The van der Waals surface area contributed by atoms with Gasteiger partial charge in [-0.1, -0.05) is 6.92 Å². The molecule has 1 aliphatic rings. The topological polar surface area (TPSA) is 66.0 Å². The Labute approximate surface area is 140 Å². The first-order valence-electron chi connectivity index (χ1n) is 7.73. The van der Waals surface area contributed by atoms with Crippen LogP contribution >= 0.6 is 0 Å². The smallest absolute Gasteiger partial charge is 0.255 e. The van der Waals surface area contributed by atoms with Crippen molar-refractivity contribution < 1.29 is 23.7 Å². The van der Waals surface area contributed by atoms with Gasteiger partial charge in [0, 0.05) is 17.3 Å². The minimum Gasteiger partial charge on any atom is -0.493 e. The van der Waals surface area contributed by atoms with Crippen molar-refractivity contribution in [3.05, 3.63) is 42.0 Å². The van der Waals surface area contributed by atoms with E-state index in [1.165, 1.54) is 0 Å². The maximum atomic E-state index is 12.4. The Kier molecular flexibility index (Phi) is 4.74. The highest BCUT2D eigenvalue weighted by Crippen LogP contribution is 2.34. The summed E-state index contributed by atoms with van der Waals surface area (Å²) >= 11 is 0. The number of ether oxygens (including phenoxy) is 4. The van der Waals surface area contributed by atoms with Crippen molar-refractivity contribution in [3.63, 3.8) is 0 Å². The number of amides is 1. The first-order chi connectivity index (χ1) is 11.7. The monoisotopic (exact) mass is 329 g/mol. The van der Waals surface area contributed by atoms with Gasteiger partial charge in [0.05, 0.1) is 13.7 Å². The van der Waals surface area contributed by atoms with Crippen molar-refractivity contribution in [1.29, 1.82) is 0 Å². The van der Waals surface area contributed by atoms with Crippen LogP contribution in [0.15, 0.2) is 36.4 Å². The fraction of sp³-hybridized carbons (Fsp3) is 0.278. The Morgan fingerprint density at radius 2 is 1.96 bits per heavy atom. The van der Waals surface area contributed by atoms with Gasteiger partial charge >= 0.3 is 0 Å². The number of hydrogen-bond acceptors (Lipinski definition) is 5. The molecule has 2 aromatic rings. The van der Waals surface area contributed by atoms with Crippen LogP contribution < -0.4 is 24.3 Å². The van der Waals surface area contributed by atoms with Gasteiger partial charge in [0.25, 0.3) is 5.91 Å². The van der Waals surface area contributed by atoms with Crippen LogP contribution in [0, 0.1) is 0 Å². The lowest BCUT2D eigenvalue weighted by molar-refractivity contribution is 0.102. The molecule has 0 atom stereocenters. The summed E-state index contributed by atoms with van der Waals surface area (Å²) in [5.41, 5.74) is 1.11. The van der Waals surface area contributed by atoms with Gasteiger partial charge in [-0.25, -0.2) is 0 Å². The van der Waals surface area contributed by atoms with Crippen LogP contribution in [0.25, 0.3) is 0 Å². The number of methoxy groups -OCH3 is 1. The van der Waals surface area contributed by atoms with Crippen molar-refractivity contribution in [2.24, 2.45) is 0 Å². The van der Waals surface area contributed by atoms with Crippen molar-refractivity contribution in [3.8, 4) is 23.0 Å². The van der Waals surface area contributed by atoms with Gasteiger partial charge in [-0.15, -0.1) is 0 Å². The van der Waals surface area contributed by atoms with E-state index >= 15 is 0 Å². The summed E-state index contributed by atoms with van der Waals surface area (Å²) in [6.45, 7) is 2.82. The number of fused-ring (bicyclic) bond motifs is 1. The van der Waals surface area contributed by atoms with Crippen LogP contribution in [0.4, 0.5) is 5.69 Å². The summed E-state index contributed by atoms with van der Waals surface area (Å²) < 4.78 is 21.5. The normalized spacial score (nSPS) is 11.9. The third-order valence-electron chi connectivity index (χ3n) is 3.52. The fourth-order valence-electron chi connectivity index (χ4n) is 2.32. The highest BCUT2D eigenvalue weighted by molar-refractivity contribution is 6.04. The minimum absolute atomic E-state index is 0.198. The number of nitrogens with one attached hydrogen (secondary N) is 1. The SMILES string of the molecule is CCCOc1ccc(C(=O)Nc2ccc3c(c2)OCO3)cc1OC. The van der Waals surface area contributed by atoms with Gasteiger partial charge in [0.1, 0.15) is 0 Å². The zero-order valence-corrected chi connectivity index (χ0v) is 13.6. The number of benzene rings is 2. The molecule has 1 aliphatic heterocycles. The second-order valence-electron chi connectivity index (χ2n) is 5.24. The molecule has 0 radical (unpaired) electrons. The first-order valence-corrected chi connectivity index (χ1v) is 7.73. The van der Waals surface area contributed by atoms with Crippen molar-refractivity contribution in [1.82, 2.24) is 0 Å². The average molecular weight is 329 g/mol. The molecule has 0 bridgehead atoms. The maximum absolute atomic E-state index is 12.4. The lowest BCUT2D eigenvalue weighted by Crippen LogP contribution is -2.12. The summed E-state index contributed by atoms with van der Waals surface area (Å²) in [5, 5.41) is 2.83. The predicted molar refractivity (Wildman–Crippen MR) is 89.3 cm³/mol. The van der Waals surface area contributed by atoms with Crippen LogP contribution in [-0.2, 0) is 0 Å². The minimum atomic E-state index is -0.241. The molecule has 1 N–H and O–H groups in total. The predicted octanol–water partition coefficient (Wildman–Crippen LogP) is 3.47. The van der Waals surface area contributed by atoms with Gasteiger partial charge in [-0.2, -0.15) is 0 Å². The number of hydrogen-bond donors (Lipinski definition) is 1. The molecular formula is C18H19NO5. The van der Waals surface area contributed by atoms with Crippen molar-refractivity contribution in [2.45, 2.75) is 13.3 Å². The van der Waals surface area contributed by atoms with E-state index in [4.69, 9.17) is 18.9 Å². The summed E-state index contributed by atoms with van der Waals surface area (Å²) in [4.78, 5) is 12.4. The van der Waals surface area contributed by atoms with Gasteiger partial charge in [-0.3, -0.25) is 4.79 Å². The Balaban J connectivity index is 1.74. The van der Waals surface area contributed by atoms with Crippen LogP contribution in [0.2, 0.25) is 0 Å². The maximum Gasteiger partial charge on any atom is 0.255 e. The number of carbonyl (C=O) groups is 1. The summed E-state index contributed by atoms with van der Waals surface area (Å²) in [5.74, 6) is 2.20. The molecule has 0 aliphatic carbocycles. The number of rotatable bonds is 6. The quantitative estimate of drug-likeness (QED) is 0.879. The van der Waals surface area contributed by atoms with E-state index in [1.54, 1.807) is 43.5 Å². The Morgan fingerprint density at radius 3 is 2.75 bits per heavy atom. The van der Waals surface area contributed by atoms with Crippen molar-refractivity contribution >= 4 is 11.6 Å². The summed E-state index contributed by atoms with van der Waals surface area (Å²) in [7, 11) is 1.55. The van der Waals surface area contributed by atoms with Crippen LogP contribution in [0.1, 0.15) is 23.7 Å². The second-order valence-corrected chi connectivity index (χ2v) is 5.24. The lowest BCUT2D eigenvalue weighted by atomic mass is 10.1. The molecule has 6 heteroatoms. The van der Waals surface area contributed by atoms with E-state index in [0.29, 0.717) is 40.9 Å². The molecule has 1 heterocycles. The Morgan fingerprint density at radius 1 is 1.12 bits per heavy atom. The molecule has 126 valence electrons. The fourth-order valence-corrected chi connectivity index (χ4v) is 2.32. The molecule has 0 saturated carbocycles. The molecule has 0 spiro atoms. The molecule has 6 nitrogen and oxygen atoms in total. The van der Waals surface area contributed by atoms with E-state index < -0.39 is 0 Å². The van der Waals surface area contributed by atoms with Gasteiger partial charge in [0.2, 0.25) is 6.79 Å². The number of anilines is 1. The summed E-state index contributed by atoms with van der Waals surface area (Å²) in [6.07, 6.45) is 0.898. The molecule has 2 aromatic carbocycles. The van der Waals surface area contributed by atoms with Crippen molar-refractivity contribution in [2.75, 3.05) is 25.8 Å². The van der Waals surface area contributed by atoms with E-state index in [1.807, 2.05) is 6.92 Å². The van der Waals surface area contributed by atoms with Gasteiger partial charge in [0.15, 0.2) is 23.0 Å². The lowest BCUT2D eigenvalue weighted by Gasteiger charge is -2.12. The molecule has 24 heavy (non-hydrogen) atoms. The van der Waals surface area contributed by atoms with E-state index in [9.17, 15) is 4.79 Å². The zero-order chi connectivity index (χ0) is 16.9. The van der Waals surface area contributed by atoms with Gasteiger partial charge in [-0.05, 0) is 36.8 Å². The molecule has 0 aromatic heterocycles. The van der Waals surface area contributed by atoms with Gasteiger partial charge < -0.3 is 24.3 Å². The zero-order valence-electron chi connectivity index (χ0n) is 13.6. The molecule has 1 amide bonds. The van der Waals surface area contributed by atoms with Crippen LogP contribution in [0.3, 0.4) is 0 Å². The van der Waals surface area contributed by atoms with Crippen LogP contribution in [0.5, 0.6) is 23.0 Å². The van der Waals surface area contributed by atoms with Crippen LogP contribution in [-0.4, -0.2) is 26.4 Å². The third kappa shape index (κ3) is 3.37. The highest BCUT2D eigenvalue weighted by atomic mass is 16.7. The standard InChI is InChI=1S/C18H19NO5/c1-3-8-22-14-6-4-12(9-16(14)21-2)18(20)19-13-5-7-15-17(10-13)24-11-23-15/h4-7,9-10H,3,8,11H2,1-2H3,(H,19,20). The van der Waals surface area contributed by atoms with E-state index in [-0.39, 0.29) is 12.7 Å². The number of carbonyl (C=O) groups excluding carboxylic acids is 1. The average Bonchev–Trinajstić information content (AvgIpc) is 3.07. The first kappa shape index (κ1) is 16.0. The molecular weight excluding hydrogens is 310 g/mol. The highest BCUT2D eigenvalue weighted by Gasteiger charge is 2.15. The largest absolute Gasteiger partial charge is 0.493 e. The van der Waals surface area contributed by atoms with E-state index in [0.717, 1.165) is 6.42 Å².